The number of nitrogens with zero attached hydrogens (tertiary/aromatic N) is 3. The second-order valence-corrected chi connectivity index (χ2v) is 15.0. The summed E-state index contributed by atoms with van der Waals surface area (Å²) in [4.78, 5) is 15.2. The summed E-state index contributed by atoms with van der Waals surface area (Å²) in [6.07, 6.45) is 0. The summed E-state index contributed by atoms with van der Waals surface area (Å²) in [5, 5.41) is 9.29. The second kappa shape index (κ2) is 14.0. The fourth-order valence-corrected chi connectivity index (χ4v) is 8.60. The Balaban J connectivity index is 1.06. The Morgan fingerprint density at radius 1 is 0.317 bits per heavy atom. The van der Waals surface area contributed by atoms with Crippen LogP contribution in [0.15, 0.2) is 162 Å². The average Bonchev–Trinajstić information content (AvgIpc) is 3.69. The molecule has 10 radical (unpaired) electrons. The molecule has 9 aromatic carbocycles. The van der Waals surface area contributed by atoms with Crippen molar-refractivity contribution in [2.45, 2.75) is 0 Å². The van der Waals surface area contributed by atoms with Crippen LogP contribution >= 0.6 is 0 Å². The molecule has 266 valence electrons. The Bertz CT molecular complexity index is 3500. The highest BCUT2D eigenvalue weighted by Gasteiger charge is 2.20. The van der Waals surface area contributed by atoms with Crippen molar-refractivity contribution in [1.82, 2.24) is 15.0 Å². The van der Waals surface area contributed by atoms with Crippen molar-refractivity contribution in [1.29, 1.82) is 0 Å². The van der Waals surface area contributed by atoms with Gasteiger partial charge in [0.15, 0.2) is 17.5 Å². The van der Waals surface area contributed by atoms with Gasteiger partial charge in [0.2, 0.25) is 0 Å². The number of aromatic nitrogens is 3. The molecule has 2 heterocycles. The number of hydrogen-bond acceptors (Lipinski definition) is 4. The van der Waals surface area contributed by atoms with Crippen molar-refractivity contribution in [3.8, 4) is 56.4 Å². The predicted molar refractivity (Wildman–Crippen MR) is 254 cm³/mol. The van der Waals surface area contributed by atoms with Gasteiger partial charge in [-0.3, -0.25) is 0 Å². The highest BCUT2D eigenvalue weighted by molar-refractivity contribution is 6.68. The number of fused-ring (bicyclic) bond motifs is 9. The molecule has 0 saturated heterocycles. The number of benzene rings is 9. The van der Waals surface area contributed by atoms with Gasteiger partial charge in [-0.2, -0.15) is 0 Å². The summed E-state index contributed by atoms with van der Waals surface area (Å²) >= 11 is 0. The fraction of sp³-hybridized carbons (Fsp3) is 0. The lowest BCUT2D eigenvalue weighted by Gasteiger charge is -2.21. The van der Waals surface area contributed by atoms with Gasteiger partial charge in [0.1, 0.15) is 50.4 Å². The maximum atomic E-state index is 6.61. The minimum absolute atomic E-state index is 0.160. The van der Waals surface area contributed by atoms with E-state index in [1.54, 1.807) is 0 Å². The molecule has 0 aliphatic carbocycles. The zero-order valence-electron chi connectivity index (χ0n) is 32.1. The fourth-order valence-electron chi connectivity index (χ4n) is 8.60. The van der Waals surface area contributed by atoms with E-state index in [1.165, 1.54) is 32.3 Å². The van der Waals surface area contributed by atoms with E-state index >= 15 is 0 Å². The van der Waals surface area contributed by atoms with Crippen molar-refractivity contribution in [3.05, 3.63) is 158 Å². The van der Waals surface area contributed by atoms with Crippen LogP contribution in [0.3, 0.4) is 0 Å². The first kappa shape index (κ1) is 36.0. The van der Waals surface area contributed by atoms with Crippen molar-refractivity contribution in [2.24, 2.45) is 0 Å². The molecule has 0 amide bonds. The Hall–Kier alpha value is -7.11. The molecule has 11 rings (SSSR count). The van der Waals surface area contributed by atoms with Gasteiger partial charge in [-0.15, -0.1) is 16.4 Å². The quantitative estimate of drug-likeness (QED) is 0.135. The van der Waals surface area contributed by atoms with Crippen LogP contribution in [0, 0.1) is 0 Å². The van der Waals surface area contributed by atoms with Crippen LogP contribution in [-0.4, -0.2) is 54.2 Å². The van der Waals surface area contributed by atoms with Gasteiger partial charge in [0.25, 0.3) is 0 Å². The lowest BCUT2D eigenvalue weighted by molar-refractivity contribution is 0.669. The first-order chi connectivity index (χ1) is 29.3. The molecule has 0 N–H and O–H groups in total. The SMILES string of the molecule is [B]c1c([B])c([B])c(-c2cccc(-c3nc(-c4ccccc4)nc(-c4cccc5oc6cc(-c7ccc8c9ccccc9c9ccccc9c8c7)ccc6c45)n3)c2)c([B])c1[B]. The molecular formula is C51H26B5N3O. The topological polar surface area (TPSA) is 51.8 Å². The van der Waals surface area contributed by atoms with Crippen LogP contribution in [0.2, 0.25) is 0 Å². The summed E-state index contributed by atoms with van der Waals surface area (Å²) in [6.45, 7) is 0. The summed E-state index contributed by atoms with van der Waals surface area (Å²) < 4.78 is 6.61. The van der Waals surface area contributed by atoms with E-state index in [1.807, 2.05) is 72.8 Å². The van der Waals surface area contributed by atoms with Gasteiger partial charge in [-0.1, -0.05) is 138 Å². The van der Waals surface area contributed by atoms with Gasteiger partial charge >= 0.3 is 0 Å². The second-order valence-electron chi connectivity index (χ2n) is 15.0. The molecule has 0 aliphatic rings. The summed E-state index contributed by atoms with van der Waals surface area (Å²) in [6, 6.07) is 53.8. The third-order valence-corrected chi connectivity index (χ3v) is 11.6. The van der Waals surface area contributed by atoms with Crippen molar-refractivity contribution in [2.75, 3.05) is 0 Å². The molecule has 9 heteroatoms. The molecule has 0 saturated carbocycles. The molecule has 60 heavy (non-hydrogen) atoms. The van der Waals surface area contributed by atoms with Gasteiger partial charge < -0.3 is 4.42 Å². The van der Waals surface area contributed by atoms with Gasteiger partial charge in [-0.25, -0.2) is 15.0 Å². The normalized spacial score (nSPS) is 11.7. The van der Waals surface area contributed by atoms with E-state index in [4.69, 9.17) is 58.6 Å². The Labute approximate surface area is 352 Å². The molecule has 4 nitrogen and oxygen atoms in total. The van der Waals surface area contributed by atoms with Crippen LogP contribution in [0.4, 0.5) is 0 Å². The highest BCUT2D eigenvalue weighted by atomic mass is 16.3. The van der Waals surface area contributed by atoms with Gasteiger partial charge in [0, 0.05) is 27.5 Å². The molecule has 0 spiro atoms. The molecule has 2 aromatic heterocycles. The van der Waals surface area contributed by atoms with Crippen LogP contribution in [0.25, 0.3) is 111 Å². The predicted octanol–water partition coefficient (Wildman–Crippen LogP) is 7.53. The van der Waals surface area contributed by atoms with Crippen LogP contribution < -0.4 is 27.3 Å². The summed E-state index contributed by atoms with van der Waals surface area (Å²) in [7, 11) is 31.5. The lowest BCUT2D eigenvalue weighted by Crippen LogP contribution is -2.55. The lowest BCUT2D eigenvalue weighted by atomic mass is 9.59. The minimum Gasteiger partial charge on any atom is -0.456 e. The smallest absolute Gasteiger partial charge is 0.164 e. The molecule has 0 fully saturated rings. The molecular weight excluding hydrogens is 725 g/mol. The van der Waals surface area contributed by atoms with Gasteiger partial charge in [0.05, 0.1) is 0 Å². The van der Waals surface area contributed by atoms with E-state index < -0.39 is 0 Å². The van der Waals surface area contributed by atoms with E-state index in [0.29, 0.717) is 34.2 Å². The number of furan rings is 1. The zero-order chi connectivity index (χ0) is 40.6. The Morgan fingerprint density at radius 2 is 0.817 bits per heavy atom. The largest absolute Gasteiger partial charge is 0.456 e. The minimum atomic E-state index is 0.160. The zero-order valence-corrected chi connectivity index (χ0v) is 32.1. The first-order valence-corrected chi connectivity index (χ1v) is 19.6. The van der Waals surface area contributed by atoms with E-state index in [0.717, 1.165) is 44.2 Å². The molecule has 0 aliphatic heterocycles. The van der Waals surface area contributed by atoms with E-state index in [-0.39, 0.29) is 27.3 Å². The monoisotopic (exact) mass is 751 g/mol. The van der Waals surface area contributed by atoms with Crippen LogP contribution in [-0.2, 0) is 0 Å². The maximum Gasteiger partial charge on any atom is 0.164 e. The average molecular weight is 751 g/mol. The first-order valence-electron chi connectivity index (χ1n) is 19.6. The van der Waals surface area contributed by atoms with Crippen LogP contribution in [0.5, 0.6) is 0 Å². The van der Waals surface area contributed by atoms with E-state index in [2.05, 4.69) is 84.9 Å². The third kappa shape index (κ3) is 5.72. The standard InChI is InChI=1S/C51H26B5N3O/c52-44-42(45(53)47(55)48(56)46(44)54)30-12-8-13-31(24-30)50-57-49(27-10-2-1-3-11-27)58-51(59-50)38-18-9-19-40-43(38)37-23-21-29(26-41(37)60-40)28-20-22-36-34-16-5-4-14-32(34)33-15-6-7-17-35(33)39(36)25-28/h1-26H. The Morgan fingerprint density at radius 3 is 1.50 bits per heavy atom. The number of hydrogen-bond donors (Lipinski definition) is 0. The van der Waals surface area contributed by atoms with Crippen LogP contribution in [0.1, 0.15) is 0 Å². The number of rotatable bonds is 5. The van der Waals surface area contributed by atoms with Crippen molar-refractivity contribution >= 4 is 121 Å². The van der Waals surface area contributed by atoms with Crippen molar-refractivity contribution in [3.63, 3.8) is 0 Å². The molecule has 0 unspecified atom stereocenters. The van der Waals surface area contributed by atoms with Crippen molar-refractivity contribution < 1.29 is 4.42 Å². The third-order valence-electron chi connectivity index (χ3n) is 11.6. The van der Waals surface area contributed by atoms with Gasteiger partial charge in [-0.05, 0) is 84.9 Å². The maximum absolute atomic E-state index is 6.61. The summed E-state index contributed by atoms with van der Waals surface area (Å²) in [5.41, 5.74) is 8.25. The summed E-state index contributed by atoms with van der Waals surface area (Å²) in [5.74, 6) is 1.47. The molecule has 0 bridgehead atoms. The van der Waals surface area contributed by atoms with E-state index in [9.17, 15) is 0 Å². The Kier molecular flexibility index (Phi) is 8.42. The molecule has 11 aromatic rings. The molecule has 0 atom stereocenters. The highest BCUT2D eigenvalue weighted by Crippen LogP contribution is 2.40.